The van der Waals surface area contributed by atoms with Crippen LogP contribution in [0.15, 0.2) is 58.1 Å². The highest BCUT2D eigenvalue weighted by molar-refractivity contribution is 9.10. The van der Waals surface area contributed by atoms with Crippen LogP contribution >= 0.6 is 15.9 Å². The number of hydrazone groups is 1. The van der Waals surface area contributed by atoms with Gasteiger partial charge in [-0.25, -0.2) is 10.4 Å². The molecule has 0 radical (unpaired) electrons. The molecule has 3 aromatic rings. The summed E-state index contributed by atoms with van der Waals surface area (Å²) in [5.74, 6) is 0.855. The average molecular weight is 442 g/mol. The summed E-state index contributed by atoms with van der Waals surface area (Å²) < 4.78 is 11.8. The smallest absolute Gasteiger partial charge is 0.289 e. The van der Waals surface area contributed by atoms with E-state index in [-0.39, 0.29) is 5.91 Å². The van der Waals surface area contributed by atoms with E-state index in [4.69, 9.17) is 9.47 Å². The third-order valence-corrected chi connectivity index (χ3v) is 4.50. The molecule has 2 aromatic carbocycles. The molecule has 0 atom stereocenters. The van der Waals surface area contributed by atoms with Crippen molar-refractivity contribution in [3.05, 3.63) is 64.3 Å². The normalized spacial score (nSPS) is 11.0. The van der Waals surface area contributed by atoms with E-state index in [1.54, 1.807) is 19.2 Å². The van der Waals surface area contributed by atoms with E-state index < -0.39 is 0 Å². The van der Waals surface area contributed by atoms with Gasteiger partial charge < -0.3 is 9.47 Å². The Morgan fingerprint density at radius 2 is 2.07 bits per heavy atom. The molecule has 0 saturated heterocycles. The SMILES string of the molecule is CCCOc1c(Br)cc(/C=N/NC(=O)c2ccc3ccccc3n2)cc1OC. The lowest BCUT2D eigenvalue weighted by Gasteiger charge is -2.12. The van der Waals surface area contributed by atoms with E-state index in [2.05, 4.69) is 31.4 Å². The highest BCUT2D eigenvalue weighted by Gasteiger charge is 2.11. The molecule has 0 fully saturated rings. The molecular weight excluding hydrogens is 422 g/mol. The first kappa shape index (κ1) is 19.8. The van der Waals surface area contributed by atoms with E-state index in [0.717, 1.165) is 27.4 Å². The molecular formula is C21H20BrN3O3. The van der Waals surface area contributed by atoms with E-state index in [1.165, 1.54) is 6.21 Å². The topological polar surface area (TPSA) is 72.8 Å². The number of halogens is 1. The van der Waals surface area contributed by atoms with Crippen LogP contribution in [0.25, 0.3) is 10.9 Å². The van der Waals surface area contributed by atoms with Crippen molar-refractivity contribution in [3.63, 3.8) is 0 Å². The van der Waals surface area contributed by atoms with Crippen molar-refractivity contribution in [1.29, 1.82) is 0 Å². The molecule has 7 heteroatoms. The quantitative estimate of drug-likeness (QED) is 0.430. The third-order valence-electron chi connectivity index (χ3n) is 3.91. The molecule has 28 heavy (non-hydrogen) atoms. The Kier molecular flexibility index (Phi) is 6.60. The van der Waals surface area contributed by atoms with Gasteiger partial charge in [0.15, 0.2) is 11.5 Å². The lowest BCUT2D eigenvalue weighted by atomic mass is 10.2. The summed E-state index contributed by atoms with van der Waals surface area (Å²) in [5.41, 5.74) is 4.31. The Morgan fingerprint density at radius 3 is 2.86 bits per heavy atom. The van der Waals surface area contributed by atoms with Crippen molar-refractivity contribution in [2.75, 3.05) is 13.7 Å². The van der Waals surface area contributed by atoms with Crippen LogP contribution in [0.4, 0.5) is 0 Å². The molecule has 1 heterocycles. The summed E-state index contributed by atoms with van der Waals surface area (Å²) in [6, 6.07) is 14.8. The maximum atomic E-state index is 12.3. The number of ether oxygens (including phenoxy) is 2. The maximum absolute atomic E-state index is 12.3. The molecule has 1 amide bonds. The first-order valence-electron chi connectivity index (χ1n) is 8.82. The molecule has 0 aliphatic rings. The van der Waals surface area contributed by atoms with Gasteiger partial charge in [-0.05, 0) is 52.2 Å². The largest absolute Gasteiger partial charge is 0.493 e. The number of nitrogens with zero attached hydrogens (tertiary/aromatic N) is 2. The Balaban J connectivity index is 1.72. The number of nitrogens with one attached hydrogen (secondary N) is 1. The molecule has 144 valence electrons. The van der Waals surface area contributed by atoms with Gasteiger partial charge in [0.1, 0.15) is 5.69 Å². The van der Waals surface area contributed by atoms with Crippen LogP contribution in [0.2, 0.25) is 0 Å². The van der Waals surface area contributed by atoms with Gasteiger partial charge in [0, 0.05) is 5.39 Å². The zero-order valence-corrected chi connectivity index (χ0v) is 17.2. The predicted octanol–water partition coefficient (Wildman–Crippen LogP) is 4.56. The van der Waals surface area contributed by atoms with Crippen LogP contribution in [0.5, 0.6) is 11.5 Å². The number of carbonyl (C=O) groups excluding carboxylic acids is 1. The number of amides is 1. The van der Waals surface area contributed by atoms with Crippen LogP contribution < -0.4 is 14.9 Å². The van der Waals surface area contributed by atoms with Crippen molar-refractivity contribution >= 4 is 39.0 Å². The van der Waals surface area contributed by atoms with Gasteiger partial charge in [0.25, 0.3) is 5.91 Å². The summed E-state index contributed by atoms with van der Waals surface area (Å²) in [4.78, 5) is 16.7. The summed E-state index contributed by atoms with van der Waals surface area (Å²) >= 11 is 3.49. The molecule has 0 unspecified atom stereocenters. The fraction of sp³-hybridized carbons (Fsp3) is 0.190. The number of fused-ring (bicyclic) bond motifs is 1. The number of hydrogen-bond acceptors (Lipinski definition) is 5. The second-order valence-corrected chi connectivity index (χ2v) is 6.83. The number of para-hydroxylation sites is 1. The van der Waals surface area contributed by atoms with Crippen LogP contribution in [0, 0.1) is 0 Å². The van der Waals surface area contributed by atoms with Gasteiger partial charge in [-0.2, -0.15) is 5.10 Å². The van der Waals surface area contributed by atoms with Crippen molar-refractivity contribution in [2.45, 2.75) is 13.3 Å². The zero-order chi connectivity index (χ0) is 19.9. The monoisotopic (exact) mass is 441 g/mol. The second kappa shape index (κ2) is 9.32. The molecule has 0 saturated carbocycles. The fourth-order valence-electron chi connectivity index (χ4n) is 2.57. The number of pyridine rings is 1. The van der Waals surface area contributed by atoms with Crippen LogP contribution in [-0.2, 0) is 0 Å². The van der Waals surface area contributed by atoms with Gasteiger partial charge in [0.05, 0.1) is 29.9 Å². The first-order chi connectivity index (χ1) is 13.6. The van der Waals surface area contributed by atoms with Gasteiger partial charge >= 0.3 is 0 Å². The summed E-state index contributed by atoms with van der Waals surface area (Å²) in [7, 11) is 1.58. The van der Waals surface area contributed by atoms with Crippen LogP contribution in [0.3, 0.4) is 0 Å². The van der Waals surface area contributed by atoms with Gasteiger partial charge in [-0.15, -0.1) is 0 Å². The number of carbonyl (C=O) groups is 1. The lowest BCUT2D eigenvalue weighted by molar-refractivity contribution is 0.0950. The molecule has 1 aromatic heterocycles. The van der Waals surface area contributed by atoms with Gasteiger partial charge in [0.2, 0.25) is 0 Å². The van der Waals surface area contributed by atoms with Crippen molar-refractivity contribution in [2.24, 2.45) is 5.10 Å². The third kappa shape index (κ3) is 4.67. The summed E-state index contributed by atoms with van der Waals surface area (Å²) in [6.45, 7) is 2.63. The summed E-state index contributed by atoms with van der Waals surface area (Å²) in [6.07, 6.45) is 2.43. The zero-order valence-electron chi connectivity index (χ0n) is 15.6. The second-order valence-electron chi connectivity index (χ2n) is 5.97. The Bertz CT molecular complexity index is 1020. The average Bonchev–Trinajstić information content (AvgIpc) is 2.72. The molecule has 1 N–H and O–H groups in total. The number of benzene rings is 2. The number of aromatic nitrogens is 1. The Morgan fingerprint density at radius 1 is 1.25 bits per heavy atom. The Labute approximate surface area is 171 Å². The van der Waals surface area contributed by atoms with Crippen molar-refractivity contribution < 1.29 is 14.3 Å². The number of hydrogen-bond donors (Lipinski definition) is 1. The van der Waals surface area contributed by atoms with E-state index in [0.29, 0.717) is 23.8 Å². The molecule has 0 spiro atoms. The molecule has 6 nitrogen and oxygen atoms in total. The van der Waals surface area contributed by atoms with E-state index >= 15 is 0 Å². The first-order valence-corrected chi connectivity index (χ1v) is 9.61. The highest BCUT2D eigenvalue weighted by Crippen LogP contribution is 2.36. The lowest BCUT2D eigenvalue weighted by Crippen LogP contribution is -2.18. The minimum atomic E-state index is -0.379. The minimum Gasteiger partial charge on any atom is -0.493 e. The van der Waals surface area contributed by atoms with Crippen molar-refractivity contribution in [1.82, 2.24) is 10.4 Å². The van der Waals surface area contributed by atoms with Crippen LogP contribution in [-0.4, -0.2) is 30.8 Å². The van der Waals surface area contributed by atoms with Gasteiger partial charge in [-0.3, -0.25) is 4.79 Å². The van der Waals surface area contributed by atoms with Crippen LogP contribution in [0.1, 0.15) is 29.4 Å². The number of rotatable bonds is 7. The molecule has 3 rings (SSSR count). The number of methoxy groups -OCH3 is 1. The highest BCUT2D eigenvalue weighted by atomic mass is 79.9. The summed E-state index contributed by atoms with van der Waals surface area (Å²) in [5, 5.41) is 5.00. The van der Waals surface area contributed by atoms with Crippen molar-refractivity contribution in [3.8, 4) is 11.5 Å². The predicted molar refractivity (Wildman–Crippen MR) is 113 cm³/mol. The Hall–Kier alpha value is -2.93. The van der Waals surface area contributed by atoms with E-state index in [9.17, 15) is 4.79 Å². The molecule has 0 bridgehead atoms. The molecule has 0 aliphatic heterocycles. The van der Waals surface area contributed by atoms with E-state index in [1.807, 2.05) is 43.3 Å². The fourth-order valence-corrected chi connectivity index (χ4v) is 3.15. The van der Waals surface area contributed by atoms with Gasteiger partial charge in [-0.1, -0.05) is 31.2 Å². The minimum absolute atomic E-state index is 0.304. The standard InChI is InChI=1S/C21H20BrN3O3/c1-3-10-28-20-16(22)11-14(12-19(20)27-2)13-23-25-21(26)18-9-8-15-6-4-5-7-17(15)24-18/h4-9,11-13H,3,10H2,1-2H3,(H,25,26)/b23-13+. The maximum Gasteiger partial charge on any atom is 0.289 e. The molecule has 0 aliphatic carbocycles.